The molecule has 2 N–H and O–H groups in total. The number of rotatable bonds is 7. The highest BCUT2D eigenvalue weighted by molar-refractivity contribution is 14.0. The van der Waals surface area contributed by atoms with E-state index in [1.165, 1.54) is 5.56 Å². The summed E-state index contributed by atoms with van der Waals surface area (Å²) in [7, 11) is 3.95. The van der Waals surface area contributed by atoms with Crippen LogP contribution in [-0.2, 0) is 0 Å². The molecule has 22 heavy (non-hydrogen) atoms. The van der Waals surface area contributed by atoms with E-state index >= 15 is 0 Å². The van der Waals surface area contributed by atoms with E-state index in [-0.39, 0.29) is 24.0 Å². The van der Waals surface area contributed by atoms with Crippen LogP contribution in [0.4, 0.5) is 0 Å². The second kappa shape index (κ2) is 11.7. The lowest BCUT2D eigenvalue weighted by Crippen LogP contribution is -2.43. The molecule has 0 saturated heterocycles. The maximum atomic E-state index is 4.27. The van der Waals surface area contributed by atoms with Crippen molar-refractivity contribution >= 4 is 29.9 Å². The summed E-state index contributed by atoms with van der Waals surface area (Å²) in [4.78, 5) is 6.58. The smallest absolute Gasteiger partial charge is 0.191 e. The average Bonchev–Trinajstić information content (AvgIpc) is 2.50. The van der Waals surface area contributed by atoms with Gasteiger partial charge in [0, 0.05) is 32.7 Å². The molecule has 0 aromatic heterocycles. The van der Waals surface area contributed by atoms with Crippen LogP contribution in [0.2, 0.25) is 0 Å². The maximum absolute atomic E-state index is 4.27. The van der Waals surface area contributed by atoms with Crippen molar-refractivity contribution in [3.63, 3.8) is 0 Å². The molecule has 0 aliphatic rings. The number of likely N-dealkylation sites (N-methyl/N-ethyl adjacent to an activating group) is 1. The molecule has 1 atom stereocenters. The predicted octanol–water partition coefficient (Wildman–Crippen LogP) is 2.91. The topological polar surface area (TPSA) is 39.7 Å². The Labute approximate surface area is 152 Å². The lowest BCUT2D eigenvalue weighted by atomic mass is 10.0. The molecule has 0 fully saturated rings. The Morgan fingerprint density at radius 3 is 2.32 bits per heavy atom. The van der Waals surface area contributed by atoms with Gasteiger partial charge in [-0.15, -0.1) is 24.0 Å². The number of benzene rings is 1. The van der Waals surface area contributed by atoms with Crippen molar-refractivity contribution in [2.75, 3.05) is 33.7 Å². The molecule has 126 valence electrons. The average molecular weight is 418 g/mol. The fraction of sp³-hybridized carbons (Fsp3) is 0.588. The molecule has 1 unspecified atom stereocenters. The quantitative estimate of drug-likeness (QED) is 0.407. The van der Waals surface area contributed by atoms with E-state index in [0.29, 0.717) is 12.0 Å². The molecule has 0 bridgehead atoms. The molecule has 0 radical (unpaired) electrons. The van der Waals surface area contributed by atoms with Crippen LogP contribution in [0, 0.1) is 0 Å². The lowest BCUT2D eigenvalue weighted by molar-refractivity contribution is 0.278. The summed E-state index contributed by atoms with van der Waals surface area (Å²) in [6.07, 6.45) is 0. The molecule has 0 saturated carbocycles. The Morgan fingerprint density at radius 2 is 1.77 bits per heavy atom. The first-order valence-electron chi connectivity index (χ1n) is 7.74. The van der Waals surface area contributed by atoms with Crippen molar-refractivity contribution in [2.24, 2.45) is 4.99 Å². The first-order chi connectivity index (χ1) is 10.0. The van der Waals surface area contributed by atoms with Crippen LogP contribution in [0.25, 0.3) is 0 Å². The third-order valence-electron chi connectivity index (χ3n) is 3.81. The lowest BCUT2D eigenvalue weighted by Gasteiger charge is -2.22. The number of hydrogen-bond acceptors (Lipinski definition) is 2. The molecule has 0 aliphatic heterocycles. The minimum atomic E-state index is 0. The van der Waals surface area contributed by atoms with Gasteiger partial charge in [0.25, 0.3) is 0 Å². The highest BCUT2D eigenvalue weighted by atomic mass is 127. The van der Waals surface area contributed by atoms with Crippen LogP contribution in [0.5, 0.6) is 0 Å². The SMILES string of the molecule is CN=C(NCCN(C)C(C)C)NCC(C)c1ccccc1.I. The molecule has 5 heteroatoms. The zero-order chi connectivity index (χ0) is 15.7. The Morgan fingerprint density at radius 1 is 1.14 bits per heavy atom. The summed E-state index contributed by atoms with van der Waals surface area (Å²) < 4.78 is 0. The largest absolute Gasteiger partial charge is 0.356 e. The van der Waals surface area contributed by atoms with Gasteiger partial charge in [0.15, 0.2) is 5.96 Å². The minimum Gasteiger partial charge on any atom is -0.356 e. The van der Waals surface area contributed by atoms with Gasteiger partial charge in [-0.05, 0) is 32.4 Å². The van der Waals surface area contributed by atoms with E-state index < -0.39 is 0 Å². The van der Waals surface area contributed by atoms with E-state index in [9.17, 15) is 0 Å². The van der Waals surface area contributed by atoms with Crippen molar-refractivity contribution < 1.29 is 0 Å². The van der Waals surface area contributed by atoms with Gasteiger partial charge >= 0.3 is 0 Å². The van der Waals surface area contributed by atoms with E-state index in [2.05, 4.69) is 78.7 Å². The summed E-state index contributed by atoms with van der Waals surface area (Å²) in [5.74, 6) is 1.33. The van der Waals surface area contributed by atoms with Crippen molar-refractivity contribution in [2.45, 2.75) is 32.7 Å². The van der Waals surface area contributed by atoms with Gasteiger partial charge in [0.05, 0.1) is 0 Å². The fourth-order valence-corrected chi connectivity index (χ4v) is 1.98. The Balaban J connectivity index is 0.00000441. The standard InChI is InChI=1S/C17H30N4.HI/c1-14(2)21(5)12-11-19-17(18-4)20-13-15(3)16-9-7-6-8-10-16;/h6-10,14-15H,11-13H2,1-5H3,(H2,18,19,20);1H. The molecular weight excluding hydrogens is 387 g/mol. The molecule has 1 rings (SSSR count). The molecule has 0 amide bonds. The van der Waals surface area contributed by atoms with Crippen LogP contribution in [-0.4, -0.2) is 50.6 Å². The van der Waals surface area contributed by atoms with Crippen LogP contribution < -0.4 is 10.6 Å². The third-order valence-corrected chi connectivity index (χ3v) is 3.81. The molecule has 4 nitrogen and oxygen atoms in total. The van der Waals surface area contributed by atoms with E-state index in [1.54, 1.807) is 0 Å². The van der Waals surface area contributed by atoms with Gasteiger partial charge in [-0.3, -0.25) is 4.99 Å². The highest BCUT2D eigenvalue weighted by Gasteiger charge is 2.07. The fourth-order valence-electron chi connectivity index (χ4n) is 1.98. The highest BCUT2D eigenvalue weighted by Crippen LogP contribution is 2.12. The molecule has 1 aromatic rings. The van der Waals surface area contributed by atoms with E-state index in [1.807, 2.05) is 7.05 Å². The van der Waals surface area contributed by atoms with Crippen molar-refractivity contribution in [1.29, 1.82) is 0 Å². The Kier molecular flexibility index (Phi) is 11.3. The molecule has 0 heterocycles. The summed E-state index contributed by atoms with van der Waals surface area (Å²) in [5.41, 5.74) is 1.35. The zero-order valence-electron chi connectivity index (χ0n) is 14.5. The molecule has 1 aromatic carbocycles. The maximum Gasteiger partial charge on any atom is 0.191 e. The number of halogens is 1. The van der Waals surface area contributed by atoms with Gasteiger partial charge in [-0.25, -0.2) is 0 Å². The van der Waals surface area contributed by atoms with Crippen molar-refractivity contribution in [3.05, 3.63) is 35.9 Å². The predicted molar refractivity (Wildman–Crippen MR) is 107 cm³/mol. The second-order valence-electron chi connectivity index (χ2n) is 5.77. The van der Waals surface area contributed by atoms with Crippen molar-refractivity contribution in [1.82, 2.24) is 15.5 Å². The van der Waals surface area contributed by atoms with E-state index in [4.69, 9.17) is 0 Å². The van der Waals surface area contributed by atoms with Crippen LogP contribution in [0.1, 0.15) is 32.3 Å². The Hall–Kier alpha value is -0.820. The first kappa shape index (κ1) is 21.2. The van der Waals surface area contributed by atoms with Gasteiger partial charge < -0.3 is 15.5 Å². The number of hydrogen-bond donors (Lipinski definition) is 2. The first-order valence-corrected chi connectivity index (χ1v) is 7.74. The minimum absolute atomic E-state index is 0. The van der Waals surface area contributed by atoms with Crippen LogP contribution in [0.15, 0.2) is 35.3 Å². The third kappa shape index (κ3) is 7.98. The summed E-state index contributed by atoms with van der Waals surface area (Å²) in [6.45, 7) is 9.41. The van der Waals surface area contributed by atoms with Gasteiger partial charge in [0.2, 0.25) is 0 Å². The number of aliphatic imine (C=N–C) groups is 1. The number of nitrogens with one attached hydrogen (secondary N) is 2. The van der Waals surface area contributed by atoms with Crippen LogP contribution in [0.3, 0.4) is 0 Å². The summed E-state index contributed by atoms with van der Waals surface area (Å²) >= 11 is 0. The normalized spacial score (nSPS) is 13.0. The molecular formula is C17H31IN4. The van der Waals surface area contributed by atoms with Crippen molar-refractivity contribution in [3.8, 4) is 0 Å². The van der Waals surface area contributed by atoms with Gasteiger partial charge in [-0.1, -0.05) is 37.3 Å². The van der Waals surface area contributed by atoms with Gasteiger partial charge in [-0.2, -0.15) is 0 Å². The zero-order valence-corrected chi connectivity index (χ0v) is 16.8. The Bertz CT molecular complexity index is 420. The number of nitrogens with zero attached hydrogens (tertiary/aromatic N) is 2. The molecule has 0 spiro atoms. The monoisotopic (exact) mass is 418 g/mol. The number of guanidine groups is 1. The van der Waals surface area contributed by atoms with Crippen LogP contribution >= 0.6 is 24.0 Å². The summed E-state index contributed by atoms with van der Waals surface area (Å²) in [5, 5.41) is 6.75. The molecule has 0 aliphatic carbocycles. The van der Waals surface area contributed by atoms with Gasteiger partial charge in [0.1, 0.15) is 0 Å². The van der Waals surface area contributed by atoms with E-state index in [0.717, 1.165) is 25.6 Å². The summed E-state index contributed by atoms with van der Waals surface area (Å²) in [6, 6.07) is 11.1. The second-order valence-corrected chi connectivity index (χ2v) is 5.77.